The normalized spacial score (nSPS) is 10.2. The average molecular weight is 235 g/mol. The van der Waals surface area contributed by atoms with E-state index in [0.29, 0.717) is 18.8 Å². The smallest absolute Gasteiger partial charge is 0.254 e. The first-order chi connectivity index (χ1) is 8.27. The standard InChI is InChI=1S/C10H10FN5O/c11-8-5-12-3-1-7(8)10(17)13-4-2-9-14-6-15-16-9/h1,3,5-6H,2,4H2,(H,13,17)(H,14,15,16). The summed E-state index contributed by atoms with van der Waals surface area (Å²) in [5.74, 6) is -0.436. The lowest BCUT2D eigenvalue weighted by molar-refractivity contribution is 0.0950. The van der Waals surface area contributed by atoms with Gasteiger partial charge in [-0.15, -0.1) is 0 Å². The van der Waals surface area contributed by atoms with Gasteiger partial charge in [0.25, 0.3) is 5.91 Å². The van der Waals surface area contributed by atoms with Crippen LogP contribution in [0.15, 0.2) is 24.8 Å². The Balaban J connectivity index is 1.88. The van der Waals surface area contributed by atoms with Crippen molar-refractivity contribution in [3.8, 4) is 0 Å². The summed E-state index contributed by atoms with van der Waals surface area (Å²) in [6, 6.07) is 1.33. The summed E-state index contributed by atoms with van der Waals surface area (Å²) in [7, 11) is 0. The minimum absolute atomic E-state index is 0.0161. The number of nitrogens with zero attached hydrogens (tertiary/aromatic N) is 3. The van der Waals surface area contributed by atoms with Crippen molar-refractivity contribution in [3.63, 3.8) is 0 Å². The van der Waals surface area contributed by atoms with E-state index in [-0.39, 0.29) is 5.56 Å². The number of H-pyrrole nitrogens is 1. The van der Waals surface area contributed by atoms with Gasteiger partial charge in [-0.25, -0.2) is 9.37 Å². The molecule has 0 bridgehead atoms. The average Bonchev–Trinajstić information content (AvgIpc) is 2.82. The number of rotatable bonds is 4. The van der Waals surface area contributed by atoms with Gasteiger partial charge < -0.3 is 5.32 Å². The number of pyridine rings is 1. The molecule has 7 heteroatoms. The molecule has 2 aromatic rings. The maximum absolute atomic E-state index is 13.2. The molecule has 0 aliphatic heterocycles. The third-order valence-electron chi connectivity index (χ3n) is 2.13. The van der Waals surface area contributed by atoms with Crippen LogP contribution in [0, 0.1) is 5.82 Å². The van der Waals surface area contributed by atoms with Crippen LogP contribution in [0.3, 0.4) is 0 Å². The van der Waals surface area contributed by atoms with Gasteiger partial charge in [-0.2, -0.15) is 5.10 Å². The van der Waals surface area contributed by atoms with Gasteiger partial charge in [0.1, 0.15) is 12.2 Å². The molecule has 2 heterocycles. The van der Waals surface area contributed by atoms with E-state index in [2.05, 4.69) is 25.5 Å². The molecule has 0 fully saturated rings. The van der Waals surface area contributed by atoms with Crippen molar-refractivity contribution in [2.24, 2.45) is 0 Å². The number of carbonyl (C=O) groups is 1. The largest absolute Gasteiger partial charge is 0.351 e. The van der Waals surface area contributed by atoms with E-state index < -0.39 is 11.7 Å². The number of hydrogen-bond acceptors (Lipinski definition) is 4. The molecule has 6 nitrogen and oxygen atoms in total. The fourth-order valence-corrected chi connectivity index (χ4v) is 1.30. The summed E-state index contributed by atoms with van der Waals surface area (Å²) in [5, 5.41) is 8.92. The summed E-state index contributed by atoms with van der Waals surface area (Å²) in [4.78, 5) is 19.0. The van der Waals surface area contributed by atoms with Gasteiger partial charge in [0.15, 0.2) is 5.82 Å². The third kappa shape index (κ3) is 2.83. The number of amides is 1. The molecule has 0 unspecified atom stereocenters. The molecule has 0 spiro atoms. The van der Waals surface area contributed by atoms with E-state index in [1.54, 1.807) is 0 Å². The van der Waals surface area contributed by atoms with Crippen molar-refractivity contribution in [2.45, 2.75) is 6.42 Å². The maximum atomic E-state index is 13.2. The number of carbonyl (C=O) groups excluding carboxylic acids is 1. The van der Waals surface area contributed by atoms with E-state index in [4.69, 9.17) is 0 Å². The maximum Gasteiger partial charge on any atom is 0.254 e. The fourth-order valence-electron chi connectivity index (χ4n) is 1.30. The summed E-state index contributed by atoms with van der Waals surface area (Å²) >= 11 is 0. The first-order valence-corrected chi connectivity index (χ1v) is 4.99. The van der Waals surface area contributed by atoms with Crippen LogP contribution in [0.2, 0.25) is 0 Å². The molecule has 2 N–H and O–H groups in total. The van der Waals surface area contributed by atoms with Crippen LogP contribution in [0.1, 0.15) is 16.2 Å². The molecule has 17 heavy (non-hydrogen) atoms. The van der Waals surface area contributed by atoms with Gasteiger partial charge >= 0.3 is 0 Å². The van der Waals surface area contributed by atoms with Crippen molar-refractivity contribution in [1.29, 1.82) is 0 Å². The molecule has 0 radical (unpaired) electrons. The summed E-state index contributed by atoms with van der Waals surface area (Å²) in [6.45, 7) is 0.357. The lowest BCUT2D eigenvalue weighted by Crippen LogP contribution is -2.26. The van der Waals surface area contributed by atoms with Crippen LogP contribution in [-0.2, 0) is 6.42 Å². The zero-order chi connectivity index (χ0) is 12.1. The molecule has 1 amide bonds. The first kappa shape index (κ1) is 11.2. The van der Waals surface area contributed by atoms with Crippen LogP contribution >= 0.6 is 0 Å². The topological polar surface area (TPSA) is 83.6 Å². The quantitative estimate of drug-likeness (QED) is 0.799. The third-order valence-corrected chi connectivity index (χ3v) is 2.13. The van der Waals surface area contributed by atoms with Crippen LogP contribution < -0.4 is 5.32 Å². The molecule has 2 rings (SSSR count). The highest BCUT2D eigenvalue weighted by molar-refractivity contribution is 5.94. The van der Waals surface area contributed by atoms with Gasteiger partial charge in [0.05, 0.1) is 11.8 Å². The Kier molecular flexibility index (Phi) is 3.39. The summed E-state index contributed by atoms with van der Waals surface area (Å²) in [6.07, 6.45) is 4.28. The molecule has 0 saturated carbocycles. The Morgan fingerprint density at radius 2 is 2.41 bits per heavy atom. The molecule has 88 valence electrons. The molecule has 0 aromatic carbocycles. The van der Waals surface area contributed by atoms with Crippen molar-refractivity contribution in [3.05, 3.63) is 42.0 Å². The van der Waals surface area contributed by atoms with Gasteiger partial charge in [0.2, 0.25) is 0 Å². The molecule has 2 aromatic heterocycles. The second-order valence-corrected chi connectivity index (χ2v) is 3.29. The predicted octanol–water partition coefficient (Wildman–Crippen LogP) is 0.311. The van der Waals surface area contributed by atoms with Crippen molar-refractivity contribution >= 4 is 5.91 Å². The molecular formula is C10H10FN5O. The Morgan fingerprint density at radius 1 is 1.53 bits per heavy atom. The molecule has 0 aliphatic rings. The fraction of sp³-hybridized carbons (Fsp3) is 0.200. The zero-order valence-electron chi connectivity index (χ0n) is 8.85. The van der Waals surface area contributed by atoms with Gasteiger partial charge in [0, 0.05) is 19.2 Å². The minimum Gasteiger partial charge on any atom is -0.351 e. The van der Waals surface area contributed by atoms with Crippen molar-refractivity contribution in [2.75, 3.05) is 6.54 Å². The van der Waals surface area contributed by atoms with Crippen LogP contribution in [-0.4, -0.2) is 32.6 Å². The van der Waals surface area contributed by atoms with Gasteiger partial charge in [-0.1, -0.05) is 0 Å². The van der Waals surface area contributed by atoms with Gasteiger partial charge in [-0.05, 0) is 6.07 Å². The van der Waals surface area contributed by atoms with E-state index in [0.717, 1.165) is 6.20 Å². The second-order valence-electron chi connectivity index (χ2n) is 3.29. The molecule has 0 aliphatic carbocycles. The Bertz CT molecular complexity index is 499. The van der Waals surface area contributed by atoms with Crippen LogP contribution in [0.25, 0.3) is 0 Å². The highest BCUT2D eigenvalue weighted by Gasteiger charge is 2.10. The number of aromatic nitrogens is 4. The zero-order valence-corrected chi connectivity index (χ0v) is 8.85. The minimum atomic E-state index is -0.635. The highest BCUT2D eigenvalue weighted by atomic mass is 19.1. The van der Waals surface area contributed by atoms with Crippen LogP contribution in [0.5, 0.6) is 0 Å². The van der Waals surface area contributed by atoms with E-state index >= 15 is 0 Å². The summed E-state index contributed by atoms with van der Waals surface area (Å²) < 4.78 is 13.2. The van der Waals surface area contributed by atoms with E-state index in [1.165, 1.54) is 18.6 Å². The monoisotopic (exact) mass is 235 g/mol. The lowest BCUT2D eigenvalue weighted by atomic mass is 10.2. The predicted molar refractivity (Wildman–Crippen MR) is 56.6 cm³/mol. The van der Waals surface area contributed by atoms with Crippen LogP contribution in [0.4, 0.5) is 4.39 Å². The Labute approximate surface area is 96.3 Å². The second kappa shape index (κ2) is 5.15. The number of nitrogens with one attached hydrogen (secondary N) is 2. The molecular weight excluding hydrogens is 225 g/mol. The Morgan fingerprint density at radius 3 is 3.12 bits per heavy atom. The molecule has 0 atom stereocenters. The molecule has 0 saturated heterocycles. The number of hydrogen-bond donors (Lipinski definition) is 2. The number of halogens is 1. The summed E-state index contributed by atoms with van der Waals surface area (Å²) in [5.41, 5.74) is -0.0161. The van der Waals surface area contributed by atoms with Crippen molar-refractivity contribution < 1.29 is 9.18 Å². The number of aromatic amines is 1. The highest BCUT2D eigenvalue weighted by Crippen LogP contribution is 2.03. The SMILES string of the molecule is O=C(NCCc1ncn[nH]1)c1ccncc1F. The van der Waals surface area contributed by atoms with Gasteiger partial charge in [-0.3, -0.25) is 14.9 Å². The van der Waals surface area contributed by atoms with Crippen molar-refractivity contribution in [1.82, 2.24) is 25.5 Å². The van der Waals surface area contributed by atoms with E-state index in [1.807, 2.05) is 0 Å². The Hall–Kier alpha value is -2.31. The first-order valence-electron chi connectivity index (χ1n) is 4.99. The van der Waals surface area contributed by atoms with E-state index in [9.17, 15) is 9.18 Å². The lowest BCUT2D eigenvalue weighted by Gasteiger charge is -2.04.